The molecule has 30 heavy (non-hydrogen) atoms. The van der Waals surface area contributed by atoms with E-state index in [1.807, 2.05) is 12.1 Å². The number of piperazine rings is 1. The van der Waals surface area contributed by atoms with Crippen LogP contribution >= 0.6 is 24.0 Å². The van der Waals surface area contributed by atoms with Crippen molar-refractivity contribution in [1.82, 2.24) is 20.4 Å². The number of hydrogen-bond donors (Lipinski definition) is 2. The van der Waals surface area contributed by atoms with Crippen molar-refractivity contribution in [2.75, 3.05) is 59.6 Å². The number of guanidine groups is 1. The van der Waals surface area contributed by atoms with Crippen LogP contribution in [0.5, 0.6) is 0 Å². The molecule has 172 valence electrons. The predicted octanol–water partition coefficient (Wildman–Crippen LogP) is 1.69. The van der Waals surface area contributed by atoms with Crippen LogP contribution in [0.1, 0.15) is 19.4 Å². The molecule has 0 saturated carbocycles. The summed E-state index contributed by atoms with van der Waals surface area (Å²) in [4.78, 5) is 9.66. The molecule has 2 N–H and O–H groups in total. The van der Waals surface area contributed by atoms with Crippen molar-refractivity contribution in [3.63, 3.8) is 0 Å². The first kappa shape index (κ1) is 27.1. The largest absolute Gasteiger partial charge is 0.356 e. The molecule has 1 heterocycles. The zero-order chi connectivity index (χ0) is 21.4. The highest BCUT2D eigenvalue weighted by Crippen LogP contribution is 2.13. The van der Waals surface area contributed by atoms with E-state index in [9.17, 15) is 8.42 Å². The molecule has 0 radical (unpaired) electrons. The Balaban J connectivity index is 0.00000450. The molecule has 0 bridgehead atoms. The molecule has 2 rings (SSSR count). The van der Waals surface area contributed by atoms with Crippen LogP contribution in [0, 0.1) is 5.92 Å². The molecular weight excluding hydrogens is 513 g/mol. The molecule has 1 atom stereocenters. The van der Waals surface area contributed by atoms with Gasteiger partial charge >= 0.3 is 0 Å². The smallest absolute Gasteiger partial charge is 0.191 e. The number of sulfone groups is 1. The maximum Gasteiger partial charge on any atom is 0.191 e. The number of nitrogens with zero attached hydrogens (tertiary/aromatic N) is 3. The van der Waals surface area contributed by atoms with Gasteiger partial charge in [-0.3, -0.25) is 9.89 Å². The van der Waals surface area contributed by atoms with E-state index >= 15 is 0 Å². The van der Waals surface area contributed by atoms with Gasteiger partial charge in [-0.15, -0.1) is 24.0 Å². The maximum absolute atomic E-state index is 11.5. The molecular formula is C21H38IN5O2S. The summed E-state index contributed by atoms with van der Waals surface area (Å²) < 4.78 is 23.1. The Labute approximate surface area is 199 Å². The van der Waals surface area contributed by atoms with Crippen molar-refractivity contribution in [2.24, 2.45) is 10.9 Å². The summed E-state index contributed by atoms with van der Waals surface area (Å²) in [5.74, 6) is 1.37. The van der Waals surface area contributed by atoms with E-state index in [0.29, 0.717) is 16.9 Å². The van der Waals surface area contributed by atoms with Crippen molar-refractivity contribution >= 4 is 39.8 Å². The number of likely N-dealkylation sites (N-methyl/N-ethyl adjacent to an activating group) is 1. The Morgan fingerprint density at radius 2 is 1.70 bits per heavy atom. The highest BCUT2D eigenvalue weighted by atomic mass is 127. The summed E-state index contributed by atoms with van der Waals surface area (Å²) in [6, 6.07) is 7.56. The lowest BCUT2D eigenvalue weighted by molar-refractivity contribution is 0.0900. The number of hydrogen-bond acceptors (Lipinski definition) is 5. The Kier molecular flexibility index (Phi) is 11.6. The van der Waals surface area contributed by atoms with Crippen LogP contribution in [0.15, 0.2) is 34.2 Å². The summed E-state index contributed by atoms with van der Waals surface area (Å²) in [6.07, 6.45) is 2.03. The zero-order valence-electron chi connectivity index (χ0n) is 18.9. The summed E-state index contributed by atoms with van der Waals surface area (Å²) in [5, 5.41) is 6.84. The second kappa shape index (κ2) is 12.8. The van der Waals surface area contributed by atoms with E-state index in [2.05, 4.69) is 46.3 Å². The van der Waals surface area contributed by atoms with Crippen LogP contribution in [-0.4, -0.2) is 89.8 Å². The molecule has 0 amide bonds. The lowest BCUT2D eigenvalue weighted by Gasteiger charge is -2.40. The van der Waals surface area contributed by atoms with Gasteiger partial charge in [0.2, 0.25) is 0 Å². The topological polar surface area (TPSA) is 77.0 Å². The standard InChI is InChI=1S/C21H37N5O2S.HI/c1-17(2)20(26-14-12-25(4)13-15-26)16-24-21(22-3)23-11-10-18-6-8-19(9-7-18)29(5,27)28;/h6-9,17,20H,10-16H2,1-5H3,(H2,22,23,24);1H. The number of nitrogens with one attached hydrogen (secondary N) is 2. The fourth-order valence-corrected chi connectivity index (χ4v) is 4.22. The number of benzene rings is 1. The Hall–Kier alpha value is -0.910. The van der Waals surface area contributed by atoms with Crippen molar-refractivity contribution in [2.45, 2.75) is 31.2 Å². The third kappa shape index (κ3) is 8.68. The van der Waals surface area contributed by atoms with E-state index in [4.69, 9.17) is 0 Å². The molecule has 1 saturated heterocycles. The minimum absolute atomic E-state index is 0. The van der Waals surface area contributed by atoms with Gasteiger partial charge in [0.05, 0.1) is 4.90 Å². The van der Waals surface area contributed by atoms with Crippen molar-refractivity contribution in [1.29, 1.82) is 0 Å². The van der Waals surface area contributed by atoms with E-state index < -0.39 is 9.84 Å². The summed E-state index contributed by atoms with van der Waals surface area (Å²) in [6.45, 7) is 10.6. The molecule has 1 aliphatic heterocycles. The van der Waals surface area contributed by atoms with Crippen LogP contribution in [0.2, 0.25) is 0 Å². The molecule has 0 aliphatic carbocycles. The lowest BCUT2D eigenvalue weighted by atomic mass is 10.0. The van der Waals surface area contributed by atoms with E-state index in [1.54, 1.807) is 19.2 Å². The average Bonchev–Trinajstić information content (AvgIpc) is 2.67. The average molecular weight is 552 g/mol. The van der Waals surface area contributed by atoms with Crippen molar-refractivity contribution in [3.05, 3.63) is 29.8 Å². The van der Waals surface area contributed by atoms with Crippen molar-refractivity contribution < 1.29 is 8.42 Å². The highest BCUT2D eigenvalue weighted by molar-refractivity contribution is 14.0. The molecule has 7 nitrogen and oxygen atoms in total. The summed E-state index contributed by atoms with van der Waals surface area (Å²) >= 11 is 0. The molecule has 1 aromatic carbocycles. The van der Waals surface area contributed by atoms with Crippen LogP contribution < -0.4 is 10.6 Å². The number of rotatable bonds is 8. The Morgan fingerprint density at radius 1 is 1.10 bits per heavy atom. The first-order chi connectivity index (χ1) is 13.7. The third-order valence-electron chi connectivity index (χ3n) is 5.54. The molecule has 1 aliphatic rings. The van der Waals surface area contributed by atoms with Gasteiger partial charge in [0.1, 0.15) is 0 Å². The third-order valence-corrected chi connectivity index (χ3v) is 6.66. The minimum atomic E-state index is -3.14. The van der Waals surface area contributed by atoms with Crippen molar-refractivity contribution in [3.8, 4) is 0 Å². The van der Waals surface area contributed by atoms with Crippen LogP contribution in [-0.2, 0) is 16.3 Å². The monoisotopic (exact) mass is 551 g/mol. The number of halogens is 1. The van der Waals surface area contributed by atoms with Gasteiger partial charge in [0.15, 0.2) is 15.8 Å². The Bertz CT molecular complexity index is 760. The lowest BCUT2D eigenvalue weighted by Crippen LogP contribution is -2.55. The van der Waals surface area contributed by atoms with Crippen LogP contribution in [0.25, 0.3) is 0 Å². The molecule has 0 aromatic heterocycles. The second-order valence-corrected chi connectivity index (χ2v) is 10.2. The maximum atomic E-state index is 11.5. The molecule has 0 spiro atoms. The van der Waals surface area contributed by atoms with E-state index in [-0.39, 0.29) is 24.0 Å². The van der Waals surface area contributed by atoms with Gasteiger partial charge in [-0.25, -0.2) is 8.42 Å². The first-order valence-corrected chi connectivity index (χ1v) is 12.3. The molecule has 1 fully saturated rings. The highest BCUT2D eigenvalue weighted by Gasteiger charge is 2.25. The molecule has 1 unspecified atom stereocenters. The molecule has 9 heteroatoms. The van der Waals surface area contributed by atoms with Crippen LogP contribution in [0.4, 0.5) is 0 Å². The quantitative estimate of drug-likeness (QED) is 0.291. The normalized spacial score (nSPS) is 17.5. The number of aliphatic imine (C=N–C) groups is 1. The van der Waals surface area contributed by atoms with Gasteiger partial charge in [0.25, 0.3) is 0 Å². The van der Waals surface area contributed by atoms with Gasteiger partial charge in [-0.2, -0.15) is 0 Å². The zero-order valence-corrected chi connectivity index (χ0v) is 22.0. The van der Waals surface area contributed by atoms with Gasteiger partial charge in [-0.1, -0.05) is 26.0 Å². The fourth-order valence-electron chi connectivity index (χ4n) is 3.59. The summed E-state index contributed by atoms with van der Waals surface area (Å²) in [7, 11) is 0.825. The van der Waals surface area contributed by atoms with E-state index in [1.165, 1.54) is 6.26 Å². The van der Waals surface area contributed by atoms with Crippen LogP contribution in [0.3, 0.4) is 0 Å². The fraction of sp³-hybridized carbons (Fsp3) is 0.667. The van der Waals surface area contributed by atoms with Gasteiger partial charge in [-0.05, 0) is 37.1 Å². The SMILES string of the molecule is CN=C(NCCc1ccc(S(C)(=O)=O)cc1)NCC(C(C)C)N1CCN(C)CC1.I. The minimum Gasteiger partial charge on any atom is -0.356 e. The predicted molar refractivity (Wildman–Crippen MR) is 136 cm³/mol. The van der Waals surface area contributed by atoms with Gasteiger partial charge < -0.3 is 15.5 Å². The molecule has 1 aromatic rings. The second-order valence-electron chi connectivity index (χ2n) is 8.20. The Morgan fingerprint density at radius 3 is 2.20 bits per heavy atom. The summed E-state index contributed by atoms with van der Waals surface area (Å²) in [5.41, 5.74) is 1.10. The van der Waals surface area contributed by atoms with Gasteiger partial charge in [0, 0.05) is 58.6 Å². The van der Waals surface area contributed by atoms with E-state index in [0.717, 1.165) is 57.2 Å². The first-order valence-electron chi connectivity index (χ1n) is 10.4.